The minimum atomic E-state index is -0.143. The van der Waals surface area contributed by atoms with Gasteiger partial charge in [0.1, 0.15) is 11.3 Å². The standard InChI is InChI=1S/C15H17BrN2O2/c1-4-13-14(10(3)20-18-13)15(19)17-9(2)11-5-7-12(16)8-6-11/h5-9H,4H2,1-3H3,(H,17,19). The summed E-state index contributed by atoms with van der Waals surface area (Å²) in [5, 5.41) is 6.88. The van der Waals surface area contributed by atoms with Crippen molar-refractivity contribution in [1.82, 2.24) is 10.5 Å². The van der Waals surface area contributed by atoms with Crippen LogP contribution in [0.5, 0.6) is 0 Å². The molecule has 1 unspecified atom stereocenters. The topological polar surface area (TPSA) is 55.1 Å². The summed E-state index contributed by atoms with van der Waals surface area (Å²) in [6.07, 6.45) is 0.673. The highest BCUT2D eigenvalue weighted by Crippen LogP contribution is 2.19. The maximum Gasteiger partial charge on any atom is 0.257 e. The van der Waals surface area contributed by atoms with Gasteiger partial charge in [-0.3, -0.25) is 4.79 Å². The number of carbonyl (C=O) groups is 1. The van der Waals surface area contributed by atoms with Crippen LogP contribution in [-0.2, 0) is 6.42 Å². The van der Waals surface area contributed by atoms with Crippen LogP contribution in [0.15, 0.2) is 33.3 Å². The molecule has 0 saturated carbocycles. The third kappa shape index (κ3) is 3.10. The van der Waals surface area contributed by atoms with Crippen LogP contribution in [0.2, 0.25) is 0 Å². The maximum atomic E-state index is 12.3. The van der Waals surface area contributed by atoms with Gasteiger partial charge in [-0.2, -0.15) is 0 Å². The number of aryl methyl sites for hydroxylation is 2. The summed E-state index contributed by atoms with van der Waals surface area (Å²) in [6, 6.07) is 7.81. The van der Waals surface area contributed by atoms with E-state index in [1.807, 2.05) is 38.1 Å². The number of carbonyl (C=O) groups excluding carboxylic acids is 1. The Morgan fingerprint density at radius 3 is 2.65 bits per heavy atom. The van der Waals surface area contributed by atoms with Gasteiger partial charge < -0.3 is 9.84 Å². The predicted octanol–water partition coefficient (Wildman–Crippen LogP) is 3.80. The van der Waals surface area contributed by atoms with Crippen LogP contribution < -0.4 is 5.32 Å². The van der Waals surface area contributed by atoms with Gasteiger partial charge in [-0.1, -0.05) is 40.1 Å². The first kappa shape index (κ1) is 14.8. The Kier molecular flexibility index (Phi) is 4.60. The van der Waals surface area contributed by atoms with Crippen molar-refractivity contribution < 1.29 is 9.32 Å². The molecule has 1 N–H and O–H groups in total. The molecular formula is C15H17BrN2O2. The molecule has 1 heterocycles. The van der Waals surface area contributed by atoms with Gasteiger partial charge in [-0.15, -0.1) is 0 Å². The van der Waals surface area contributed by atoms with E-state index in [0.717, 1.165) is 10.0 Å². The lowest BCUT2D eigenvalue weighted by atomic mass is 10.1. The molecule has 0 bridgehead atoms. The first-order valence-corrected chi connectivity index (χ1v) is 7.33. The van der Waals surface area contributed by atoms with Crippen molar-refractivity contribution in [2.45, 2.75) is 33.2 Å². The van der Waals surface area contributed by atoms with Gasteiger partial charge in [0.25, 0.3) is 5.91 Å². The van der Waals surface area contributed by atoms with Gasteiger partial charge in [0, 0.05) is 4.47 Å². The molecule has 0 spiro atoms. The largest absolute Gasteiger partial charge is 0.361 e. The van der Waals surface area contributed by atoms with Crippen molar-refractivity contribution in [3.8, 4) is 0 Å². The second kappa shape index (κ2) is 6.22. The Morgan fingerprint density at radius 1 is 1.40 bits per heavy atom. The summed E-state index contributed by atoms with van der Waals surface area (Å²) < 4.78 is 6.11. The minimum absolute atomic E-state index is 0.0744. The van der Waals surface area contributed by atoms with E-state index in [1.54, 1.807) is 6.92 Å². The number of rotatable bonds is 4. The summed E-state index contributed by atoms with van der Waals surface area (Å²) in [7, 11) is 0. The molecule has 1 amide bonds. The first-order chi connectivity index (χ1) is 9.52. The molecule has 20 heavy (non-hydrogen) atoms. The molecule has 2 rings (SSSR count). The summed E-state index contributed by atoms with van der Waals surface area (Å²) in [4.78, 5) is 12.3. The quantitative estimate of drug-likeness (QED) is 0.923. The number of halogens is 1. The Balaban J connectivity index is 2.15. The smallest absolute Gasteiger partial charge is 0.257 e. The summed E-state index contributed by atoms with van der Waals surface area (Å²) >= 11 is 3.40. The second-order valence-electron chi connectivity index (χ2n) is 4.66. The van der Waals surface area contributed by atoms with Crippen LogP contribution in [0.4, 0.5) is 0 Å². The molecule has 0 aliphatic rings. The molecule has 1 aromatic heterocycles. The van der Waals surface area contributed by atoms with Gasteiger partial charge in [-0.05, 0) is 38.0 Å². The number of hydrogen-bond donors (Lipinski definition) is 1. The lowest BCUT2D eigenvalue weighted by Crippen LogP contribution is -2.27. The Hall–Kier alpha value is -1.62. The fraction of sp³-hybridized carbons (Fsp3) is 0.333. The number of amides is 1. The number of benzene rings is 1. The predicted molar refractivity (Wildman–Crippen MR) is 80.6 cm³/mol. The maximum absolute atomic E-state index is 12.3. The third-order valence-electron chi connectivity index (χ3n) is 3.21. The highest BCUT2D eigenvalue weighted by Gasteiger charge is 2.20. The zero-order valence-corrected chi connectivity index (χ0v) is 13.3. The van der Waals surface area contributed by atoms with Crippen molar-refractivity contribution in [3.05, 3.63) is 51.3 Å². The summed E-state index contributed by atoms with van der Waals surface area (Å²) in [5.74, 6) is 0.415. The Bertz CT molecular complexity index is 605. The van der Waals surface area contributed by atoms with E-state index in [2.05, 4.69) is 26.4 Å². The zero-order valence-electron chi connectivity index (χ0n) is 11.7. The molecule has 106 valence electrons. The highest BCUT2D eigenvalue weighted by molar-refractivity contribution is 9.10. The first-order valence-electron chi connectivity index (χ1n) is 6.54. The van der Waals surface area contributed by atoms with Crippen molar-refractivity contribution in [3.63, 3.8) is 0 Å². The van der Waals surface area contributed by atoms with E-state index in [-0.39, 0.29) is 11.9 Å². The van der Waals surface area contributed by atoms with Crippen molar-refractivity contribution in [2.24, 2.45) is 0 Å². The van der Waals surface area contributed by atoms with Crippen molar-refractivity contribution >= 4 is 21.8 Å². The molecular weight excluding hydrogens is 320 g/mol. The van der Waals surface area contributed by atoms with Crippen LogP contribution in [0, 0.1) is 6.92 Å². The van der Waals surface area contributed by atoms with Crippen LogP contribution in [-0.4, -0.2) is 11.1 Å². The van der Waals surface area contributed by atoms with Gasteiger partial charge in [0.05, 0.1) is 11.7 Å². The number of nitrogens with one attached hydrogen (secondary N) is 1. The van der Waals surface area contributed by atoms with E-state index in [1.165, 1.54) is 0 Å². The molecule has 5 heteroatoms. The third-order valence-corrected chi connectivity index (χ3v) is 3.74. The summed E-state index contributed by atoms with van der Waals surface area (Å²) in [5.41, 5.74) is 2.30. The van der Waals surface area contributed by atoms with Gasteiger partial charge >= 0.3 is 0 Å². The van der Waals surface area contributed by atoms with Crippen LogP contribution >= 0.6 is 15.9 Å². The SMILES string of the molecule is CCc1noc(C)c1C(=O)NC(C)c1ccc(Br)cc1. The van der Waals surface area contributed by atoms with E-state index in [4.69, 9.17) is 4.52 Å². The number of nitrogens with zero attached hydrogens (tertiary/aromatic N) is 1. The molecule has 0 aliphatic heterocycles. The zero-order chi connectivity index (χ0) is 14.7. The molecule has 0 aliphatic carbocycles. The fourth-order valence-electron chi connectivity index (χ4n) is 2.05. The average Bonchev–Trinajstić information content (AvgIpc) is 2.80. The minimum Gasteiger partial charge on any atom is -0.361 e. The van der Waals surface area contributed by atoms with Crippen LogP contribution in [0.1, 0.15) is 47.3 Å². The molecule has 0 saturated heterocycles. The monoisotopic (exact) mass is 336 g/mol. The Labute approximate surface area is 126 Å². The fourth-order valence-corrected chi connectivity index (χ4v) is 2.32. The van der Waals surface area contributed by atoms with Crippen LogP contribution in [0.25, 0.3) is 0 Å². The number of hydrogen-bond acceptors (Lipinski definition) is 3. The lowest BCUT2D eigenvalue weighted by molar-refractivity contribution is 0.0937. The molecule has 4 nitrogen and oxygen atoms in total. The number of aromatic nitrogens is 1. The van der Waals surface area contributed by atoms with Crippen LogP contribution in [0.3, 0.4) is 0 Å². The van der Waals surface area contributed by atoms with Gasteiger partial charge in [0.15, 0.2) is 0 Å². The Morgan fingerprint density at radius 2 is 2.05 bits per heavy atom. The van der Waals surface area contributed by atoms with Crippen molar-refractivity contribution in [1.29, 1.82) is 0 Å². The molecule has 1 aromatic carbocycles. The van der Waals surface area contributed by atoms with Gasteiger partial charge in [-0.25, -0.2) is 0 Å². The normalized spacial score (nSPS) is 12.2. The second-order valence-corrected chi connectivity index (χ2v) is 5.58. The van der Waals surface area contributed by atoms with Crippen molar-refractivity contribution in [2.75, 3.05) is 0 Å². The molecule has 2 aromatic rings. The summed E-state index contributed by atoms with van der Waals surface area (Å²) in [6.45, 7) is 5.66. The molecule has 0 fully saturated rings. The van der Waals surface area contributed by atoms with E-state index in [0.29, 0.717) is 23.4 Å². The average molecular weight is 337 g/mol. The van der Waals surface area contributed by atoms with Gasteiger partial charge in [0.2, 0.25) is 0 Å². The van der Waals surface area contributed by atoms with E-state index >= 15 is 0 Å². The molecule has 0 radical (unpaired) electrons. The highest BCUT2D eigenvalue weighted by atomic mass is 79.9. The van der Waals surface area contributed by atoms with E-state index in [9.17, 15) is 4.79 Å². The van der Waals surface area contributed by atoms with E-state index < -0.39 is 0 Å². The molecule has 1 atom stereocenters. The lowest BCUT2D eigenvalue weighted by Gasteiger charge is -2.14.